The molecular formula is C15H12ClN5O2S. The Balaban J connectivity index is 1.83. The van der Waals surface area contributed by atoms with Gasteiger partial charge in [0.2, 0.25) is 5.16 Å². The average Bonchev–Trinajstić information content (AvgIpc) is 2.94. The second-order valence-corrected chi connectivity index (χ2v) is 6.18. The van der Waals surface area contributed by atoms with E-state index in [4.69, 9.17) is 17.4 Å². The van der Waals surface area contributed by atoms with Gasteiger partial charge in [-0.05, 0) is 12.1 Å². The molecule has 3 aromatic rings. The van der Waals surface area contributed by atoms with Gasteiger partial charge < -0.3 is 5.84 Å². The Hall–Kier alpha value is -2.58. The van der Waals surface area contributed by atoms with E-state index >= 15 is 0 Å². The molecule has 0 aliphatic carbocycles. The van der Waals surface area contributed by atoms with Gasteiger partial charge in [0.1, 0.15) is 0 Å². The van der Waals surface area contributed by atoms with E-state index in [9.17, 15) is 10.1 Å². The van der Waals surface area contributed by atoms with E-state index < -0.39 is 4.92 Å². The van der Waals surface area contributed by atoms with Crippen LogP contribution in [0.25, 0.3) is 11.4 Å². The number of rotatable bonds is 5. The molecule has 2 N–H and O–H groups in total. The number of nitrogens with zero attached hydrogens (tertiary/aromatic N) is 4. The fourth-order valence-electron chi connectivity index (χ4n) is 2.15. The lowest BCUT2D eigenvalue weighted by Gasteiger charge is -2.05. The van der Waals surface area contributed by atoms with Crippen LogP contribution < -0.4 is 5.84 Å². The Morgan fingerprint density at radius 3 is 2.62 bits per heavy atom. The summed E-state index contributed by atoms with van der Waals surface area (Å²) in [7, 11) is 0. The summed E-state index contributed by atoms with van der Waals surface area (Å²) >= 11 is 7.42. The zero-order chi connectivity index (χ0) is 17.1. The van der Waals surface area contributed by atoms with Crippen molar-refractivity contribution in [3.63, 3.8) is 0 Å². The van der Waals surface area contributed by atoms with Crippen LogP contribution in [0.2, 0.25) is 5.02 Å². The number of nitro benzene ring substituents is 1. The van der Waals surface area contributed by atoms with Crippen molar-refractivity contribution in [3.8, 4) is 11.4 Å². The molecule has 2 aromatic carbocycles. The molecule has 1 heterocycles. The Labute approximate surface area is 146 Å². The van der Waals surface area contributed by atoms with Crippen LogP contribution in [0.3, 0.4) is 0 Å². The van der Waals surface area contributed by atoms with Gasteiger partial charge >= 0.3 is 0 Å². The van der Waals surface area contributed by atoms with E-state index in [0.29, 0.717) is 32.9 Å². The zero-order valence-corrected chi connectivity index (χ0v) is 13.9. The number of para-hydroxylation sites is 1. The van der Waals surface area contributed by atoms with Crippen LogP contribution in [0, 0.1) is 10.1 Å². The molecular weight excluding hydrogens is 350 g/mol. The van der Waals surface area contributed by atoms with E-state index in [2.05, 4.69) is 10.2 Å². The van der Waals surface area contributed by atoms with E-state index in [0.717, 1.165) is 0 Å². The number of benzene rings is 2. The first kappa shape index (κ1) is 16.3. The molecule has 9 heteroatoms. The van der Waals surface area contributed by atoms with Crippen molar-refractivity contribution in [1.29, 1.82) is 0 Å². The highest BCUT2D eigenvalue weighted by molar-refractivity contribution is 7.98. The summed E-state index contributed by atoms with van der Waals surface area (Å²) in [6, 6.07) is 13.7. The van der Waals surface area contributed by atoms with Gasteiger partial charge in [0.05, 0.1) is 9.95 Å². The average molecular weight is 362 g/mol. The summed E-state index contributed by atoms with van der Waals surface area (Å²) in [5, 5.41) is 20.1. The number of nitrogen functional groups attached to an aromatic ring is 1. The SMILES string of the molecule is Nn1c(SCc2ccccc2[N+](=O)[O-])nnc1-c1ccccc1Cl. The van der Waals surface area contributed by atoms with Gasteiger partial charge in [-0.1, -0.05) is 53.7 Å². The van der Waals surface area contributed by atoms with Gasteiger partial charge in [-0.2, -0.15) is 0 Å². The molecule has 122 valence electrons. The lowest BCUT2D eigenvalue weighted by Crippen LogP contribution is -2.11. The molecule has 0 aliphatic rings. The van der Waals surface area contributed by atoms with Crippen molar-refractivity contribution in [2.24, 2.45) is 0 Å². The number of aromatic nitrogens is 3. The lowest BCUT2D eigenvalue weighted by molar-refractivity contribution is -0.385. The van der Waals surface area contributed by atoms with Crippen LogP contribution in [0.5, 0.6) is 0 Å². The van der Waals surface area contributed by atoms with Crippen LogP contribution in [0.1, 0.15) is 5.56 Å². The summed E-state index contributed by atoms with van der Waals surface area (Å²) in [4.78, 5) is 10.6. The maximum absolute atomic E-state index is 11.1. The van der Waals surface area contributed by atoms with Crippen LogP contribution >= 0.6 is 23.4 Å². The van der Waals surface area contributed by atoms with Gasteiger partial charge in [0, 0.05) is 22.9 Å². The smallest absolute Gasteiger partial charge is 0.273 e. The maximum atomic E-state index is 11.1. The molecule has 0 unspecified atom stereocenters. The molecule has 0 radical (unpaired) electrons. The lowest BCUT2D eigenvalue weighted by atomic mass is 10.2. The van der Waals surface area contributed by atoms with E-state index in [1.807, 2.05) is 12.1 Å². The molecule has 0 saturated carbocycles. The van der Waals surface area contributed by atoms with Crippen molar-refractivity contribution in [2.45, 2.75) is 10.9 Å². The van der Waals surface area contributed by atoms with E-state index in [1.54, 1.807) is 30.3 Å². The normalized spacial score (nSPS) is 10.7. The van der Waals surface area contributed by atoms with E-state index in [1.165, 1.54) is 22.5 Å². The zero-order valence-electron chi connectivity index (χ0n) is 12.3. The molecule has 0 amide bonds. The van der Waals surface area contributed by atoms with Gasteiger partial charge in [0.25, 0.3) is 5.69 Å². The number of halogens is 1. The fraction of sp³-hybridized carbons (Fsp3) is 0.0667. The molecule has 1 aromatic heterocycles. The Morgan fingerprint density at radius 1 is 1.17 bits per heavy atom. The first-order chi connectivity index (χ1) is 11.6. The van der Waals surface area contributed by atoms with Crippen molar-refractivity contribution in [3.05, 3.63) is 69.2 Å². The Bertz CT molecular complexity index is 899. The minimum atomic E-state index is -0.405. The summed E-state index contributed by atoms with van der Waals surface area (Å²) in [6.45, 7) is 0. The van der Waals surface area contributed by atoms with Crippen molar-refractivity contribution >= 4 is 29.1 Å². The molecule has 0 spiro atoms. The molecule has 24 heavy (non-hydrogen) atoms. The molecule has 7 nitrogen and oxygen atoms in total. The highest BCUT2D eigenvalue weighted by Crippen LogP contribution is 2.30. The number of thioether (sulfide) groups is 1. The summed E-state index contributed by atoms with van der Waals surface area (Å²) in [5.74, 6) is 6.84. The van der Waals surface area contributed by atoms with Crippen LogP contribution in [0.15, 0.2) is 53.7 Å². The Kier molecular flexibility index (Phi) is 4.68. The maximum Gasteiger partial charge on any atom is 0.273 e. The minimum Gasteiger partial charge on any atom is -0.335 e. The van der Waals surface area contributed by atoms with Crippen LogP contribution in [-0.4, -0.2) is 19.8 Å². The van der Waals surface area contributed by atoms with Crippen molar-refractivity contribution in [1.82, 2.24) is 14.9 Å². The monoisotopic (exact) mass is 361 g/mol. The largest absolute Gasteiger partial charge is 0.335 e. The minimum absolute atomic E-state index is 0.0689. The van der Waals surface area contributed by atoms with Gasteiger partial charge in [-0.15, -0.1) is 10.2 Å². The topological polar surface area (TPSA) is 99.9 Å². The van der Waals surface area contributed by atoms with E-state index in [-0.39, 0.29) is 5.69 Å². The van der Waals surface area contributed by atoms with Gasteiger partial charge in [0.15, 0.2) is 5.82 Å². The number of nitrogens with two attached hydrogens (primary N) is 1. The van der Waals surface area contributed by atoms with Gasteiger partial charge in [-0.25, -0.2) is 4.68 Å². The molecule has 0 fully saturated rings. The fourth-order valence-corrected chi connectivity index (χ4v) is 3.23. The summed E-state index contributed by atoms with van der Waals surface area (Å²) in [5.41, 5.74) is 1.33. The summed E-state index contributed by atoms with van der Waals surface area (Å²) in [6.07, 6.45) is 0. The highest BCUT2D eigenvalue weighted by Gasteiger charge is 2.17. The number of nitro groups is 1. The molecule has 3 rings (SSSR count). The van der Waals surface area contributed by atoms with Crippen LogP contribution in [0.4, 0.5) is 5.69 Å². The summed E-state index contributed by atoms with van der Waals surface area (Å²) < 4.78 is 1.33. The second-order valence-electron chi connectivity index (χ2n) is 4.83. The predicted octanol–water partition coefficient (Wildman–Crippen LogP) is 3.51. The first-order valence-corrected chi connectivity index (χ1v) is 8.24. The third kappa shape index (κ3) is 3.19. The number of hydrogen-bond donors (Lipinski definition) is 1. The Morgan fingerprint density at radius 2 is 1.88 bits per heavy atom. The first-order valence-electron chi connectivity index (χ1n) is 6.88. The molecule has 0 saturated heterocycles. The van der Waals surface area contributed by atoms with Crippen molar-refractivity contribution in [2.75, 3.05) is 5.84 Å². The van der Waals surface area contributed by atoms with Crippen LogP contribution in [-0.2, 0) is 5.75 Å². The molecule has 0 bridgehead atoms. The number of hydrogen-bond acceptors (Lipinski definition) is 6. The van der Waals surface area contributed by atoms with Gasteiger partial charge in [-0.3, -0.25) is 10.1 Å². The predicted molar refractivity (Wildman–Crippen MR) is 93.3 cm³/mol. The van der Waals surface area contributed by atoms with Crippen molar-refractivity contribution < 1.29 is 4.92 Å². The molecule has 0 aliphatic heterocycles. The third-order valence-electron chi connectivity index (χ3n) is 3.32. The highest BCUT2D eigenvalue weighted by atomic mass is 35.5. The second kappa shape index (κ2) is 6.90. The quantitative estimate of drug-likeness (QED) is 0.323. The molecule has 0 atom stereocenters. The standard InChI is InChI=1S/C15H12ClN5O2S/c16-12-7-3-2-6-11(12)14-18-19-15(20(14)17)24-9-10-5-1-4-8-13(10)21(22)23/h1-8H,9,17H2. The third-order valence-corrected chi connectivity index (χ3v) is 4.65.